The van der Waals surface area contributed by atoms with Crippen molar-refractivity contribution in [1.82, 2.24) is 15.0 Å². The standard InChI is InChI=1S/C16H11Br2N3/c17-9-8-12-4-6-15(7-5-12)21-11-16(19-20-21)13-2-1-3-14(18)10-13/h1-11H/b9-8+. The molecule has 5 heteroatoms. The molecule has 0 aliphatic rings. The molecule has 2 aromatic carbocycles. The summed E-state index contributed by atoms with van der Waals surface area (Å²) < 4.78 is 2.80. The molecule has 0 aliphatic heterocycles. The first kappa shape index (κ1) is 14.2. The van der Waals surface area contributed by atoms with Crippen molar-refractivity contribution in [3.8, 4) is 16.9 Å². The normalized spacial score (nSPS) is 11.1. The van der Waals surface area contributed by atoms with Crippen molar-refractivity contribution in [3.05, 3.63) is 69.7 Å². The second-order valence-electron chi connectivity index (χ2n) is 4.44. The molecule has 1 heterocycles. The van der Waals surface area contributed by atoms with Crippen LogP contribution in [0.3, 0.4) is 0 Å². The summed E-state index contributed by atoms with van der Waals surface area (Å²) in [5.74, 6) is 0. The fourth-order valence-electron chi connectivity index (χ4n) is 1.98. The van der Waals surface area contributed by atoms with Gasteiger partial charge in [0, 0.05) is 10.0 Å². The molecule has 104 valence electrons. The topological polar surface area (TPSA) is 30.7 Å². The molecule has 0 N–H and O–H groups in total. The quantitative estimate of drug-likeness (QED) is 0.610. The molecule has 0 bridgehead atoms. The van der Waals surface area contributed by atoms with E-state index in [1.807, 2.05) is 65.8 Å². The molecule has 3 nitrogen and oxygen atoms in total. The third kappa shape index (κ3) is 3.31. The average Bonchev–Trinajstić information content (AvgIpc) is 2.98. The van der Waals surface area contributed by atoms with Crippen LogP contribution in [-0.2, 0) is 0 Å². The lowest BCUT2D eigenvalue weighted by molar-refractivity contribution is 0.804. The highest BCUT2D eigenvalue weighted by Gasteiger charge is 2.05. The van der Waals surface area contributed by atoms with E-state index in [0.29, 0.717) is 0 Å². The van der Waals surface area contributed by atoms with E-state index in [-0.39, 0.29) is 0 Å². The maximum atomic E-state index is 4.23. The van der Waals surface area contributed by atoms with Gasteiger partial charge in [0.25, 0.3) is 0 Å². The Labute approximate surface area is 139 Å². The summed E-state index contributed by atoms with van der Waals surface area (Å²) in [7, 11) is 0. The van der Waals surface area contributed by atoms with Crippen LogP contribution in [0, 0.1) is 0 Å². The Morgan fingerprint density at radius 2 is 1.86 bits per heavy atom. The smallest absolute Gasteiger partial charge is 0.113 e. The molecule has 1 aromatic heterocycles. The van der Waals surface area contributed by atoms with Crippen molar-refractivity contribution in [1.29, 1.82) is 0 Å². The molecule has 0 fully saturated rings. The Balaban J connectivity index is 1.91. The molecule has 0 saturated carbocycles. The summed E-state index contributed by atoms with van der Waals surface area (Å²) in [5, 5.41) is 8.43. The number of nitrogens with zero attached hydrogens (tertiary/aromatic N) is 3. The first-order valence-electron chi connectivity index (χ1n) is 6.32. The van der Waals surface area contributed by atoms with Crippen LogP contribution in [0.5, 0.6) is 0 Å². The number of halogens is 2. The molecule has 3 rings (SSSR count). The van der Waals surface area contributed by atoms with E-state index < -0.39 is 0 Å². The van der Waals surface area contributed by atoms with Gasteiger partial charge in [-0.05, 0) is 40.9 Å². The van der Waals surface area contributed by atoms with Crippen LogP contribution in [0.25, 0.3) is 23.0 Å². The Hall–Kier alpha value is -1.72. The van der Waals surface area contributed by atoms with Gasteiger partial charge in [0.15, 0.2) is 0 Å². The largest absolute Gasteiger partial charge is 0.220 e. The lowest BCUT2D eigenvalue weighted by atomic mass is 10.2. The van der Waals surface area contributed by atoms with Gasteiger partial charge in [-0.3, -0.25) is 0 Å². The molecule has 0 atom stereocenters. The molecule has 0 aliphatic carbocycles. The first-order chi connectivity index (χ1) is 10.3. The Bertz CT molecular complexity index is 776. The highest BCUT2D eigenvalue weighted by atomic mass is 79.9. The summed E-state index contributed by atoms with van der Waals surface area (Å²) in [6.45, 7) is 0. The maximum Gasteiger partial charge on any atom is 0.113 e. The molecule has 3 aromatic rings. The summed E-state index contributed by atoms with van der Waals surface area (Å²) in [6.07, 6.45) is 3.91. The van der Waals surface area contributed by atoms with Crippen molar-refractivity contribution in [2.45, 2.75) is 0 Å². The highest BCUT2D eigenvalue weighted by Crippen LogP contribution is 2.21. The Morgan fingerprint density at radius 3 is 2.57 bits per heavy atom. The maximum absolute atomic E-state index is 4.23. The zero-order valence-electron chi connectivity index (χ0n) is 10.9. The molecular weight excluding hydrogens is 394 g/mol. The van der Waals surface area contributed by atoms with E-state index in [1.54, 1.807) is 4.68 Å². The van der Waals surface area contributed by atoms with Crippen molar-refractivity contribution < 1.29 is 0 Å². The molecule has 0 amide bonds. The summed E-state index contributed by atoms with van der Waals surface area (Å²) >= 11 is 6.74. The molecular formula is C16H11Br2N3. The van der Waals surface area contributed by atoms with Gasteiger partial charge in [0.05, 0.1) is 11.9 Å². The van der Waals surface area contributed by atoms with Crippen LogP contribution in [0.1, 0.15) is 5.56 Å². The predicted molar refractivity (Wildman–Crippen MR) is 92.5 cm³/mol. The minimum atomic E-state index is 0.848. The van der Waals surface area contributed by atoms with Crippen molar-refractivity contribution >= 4 is 37.9 Å². The van der Waals surface area contributed by atoms with Gasteiger partial charge < -0.3 is 0 Å². The molecule has 0 unspecified atom stereocenters. The number of benzene rings is 2. The molecule has 0 radical (unpaired) electrons. The SMILES string of the molecule is Br/C=C/c1ccc(-n2cc(-c3cccc(Br)c3)nn2)cc1. The zero-order valence-corrected chi connectivity index (χ0v) is 14.1. The second-order valence-corrected chi connectivity index (χ2v) is 5.89. The number of rotatable bonds is 3. The van der Waals surface area contributed by atoms with Crippen LogP contribution in [0.2, 0.25) is 0 Å². The van der Waals surface area contributed by atoms with Gasteiger partial charge in [-0.15, -0.1) is 5.10 Å². The third-order valence-electron chi connectivity index (χ3n) is 3.03. The lowest BCUT2D eigenvalue weighted by Crippen LogP contribution is -1.94. The molecule has 0 spiro atoms. The second kappa shape index (κ2) is 6.37. The molecule has 21 heavy (non-hydrogen) atoms. The van der Waals surface area contributed by atoms with Gasteiger partial charge in [-0.1, -0.05) is 61.3 Å². The van der Waals surface area contributed by atoms with Gasteiger partial charge in [-0.25, -0.2) is 4.68 Å². The summed E-state index contributed by atoms with van der Waals surface area (Å²) in [5.41, 5.74) is 3.99. The van der Waals surface area contributed by atoms with Crippen molar-refractivity contribution in [2.75, 3.05) is 0 Å². The van der Waals surface area contributed by atoms with Crippen LogP contribution >= 0.6 is 31.9 Å². The van der Waals surface area contributed by atoms with Gasteiger partial charge in [-0.2, -0.15) is 0 Å². The van der Waals surface area contributed by atoms with Crippen LogP contribution in [0.15, 0.2) is 64.2 Å². The van der Waals surface area contributed by atoms with E-state index in [9.17, 15) is 0 Å². The van der Waals surface area contributed by atoms with Crippen LogP contribution in [-0.4, -0.2) is 15.0 Å². The van der Waals surface area contributed by atoms with Gasteiger partial charge >= 0.3 is 0 Å². The Kier molecular flexibility index (Phi) is 4.31. The van der Waals surface area contributed by atoms with Crippen LogP contribution < -0.4 is 0 Å². The van der Waals surface area contributed by atoms with Crippen molar-refractivity contribution in [2.24, 2.45) is 0 Å². The first-order valence-corrected chi connectivity index (χ1v) is 8.02. The average molecular weight is 405 g/mol. The van der Waals surface area contributed by atoms with E-state index >= 15 is 0 Å². The zero-order chi connectivity index (χ0) is 14.7. The van der Waals surface area contributed by atoms with E-state index in [0.717, 1.165) is 27.0 Å². The number of hydrogen-bond donors (Lipinski definition) is 0. The summed E-state index contributed by atoms with van der Waals surface area (Å²) in [6, 6.07) is 16.1. The van der Waals surface area contributed by atoms with Gasteiger partial charge in [0.1, 0.15) is 5.69 Å². The number of aromatic nitrogens is 3. The highest BCUT2D eigenvalue weighted by molar-refractivity contribution is 9.11. The van der Waals surface area contributed by atoms with Crippen LogP contribution in [0.4, 0.5) is 0 Å². The third-order valence-corrected chi connectivity index (χ3v) is 3.78. The van der Waals surface area contributed by atoms with E-state index in [4.69, 9.17) is 0 Å². The van der Waals surface area contributed by atoms with E-state index in [1.165, 1.54) is 0 Å². The van der Waals surface area contributed by atoms with E-state index in [2.05, 4.69) is 42.2 Å². The summed E-state index contributed by atoms with van der Waals surface area (Å²) in [4.78, 5) is 1.84. The fraction of sp³-hybridized carbons (Fsp3) is 0. The van der Waals surface area contributed by atoms with Crippen molar-refractivity contribution in [3.63, 3.8) is 0 Å². The fourth-order valence-corrected chi connectivity index (χ4v) is 2.69. The lowest BCUT2D eigenvalue weighted by Gasteiger charge is -2.00. The molecule has 0 saturated heterocycles. The monoisotopic (exact) mass is 403 g/mol. The van der Waals surface area contributed by atoms with Gasteiger partial charge in [0.2, 0.25) is 0 Å². The Morgan fingerprint density at radius 1 is 1.05 bits per heavy atom. The minimum absolute atomic E-state index is 0.848. The predicted octanol–water partition coefficient (Wildman–Crippen LogP) is 5.06. The number of hydrogen-bond acceptors (Lipinski definition) is 2. The minimum Gasteiger partial charge on any atom is -0.220 e.